The monoisotopic (exact) mass is 338 g/mol. The maximum atomic E-state index is 12.4. The molecule has 0 N–H and O–H groups in total. The first kappa shape index (κ1) is 14.1. The van der Waals surface area contributed by atoms with Gasteiger partial charge in [-0.25, -0.2) is 0 Å². The van der Waals surface area contributed by atoms with Gasteiger partial charge in [-0.2, -0.15) is 0 Å². The summed E-state index contributed by atoms with van der Waals surface area (Å²) in [6.07, 6.45) is 0. The van der Waals surface area contributed by atoms with Crippen molar-refractivity contribution in [1.29, 1.82) is 0 Å². The van der Waals surface area contributed by atoms with Gasteiger partial charge in [0.05, 0.1) is 12.1 Å². The zero-order chi connectivity index (χ0) is 14.0. The second-order valence-electron chi connectivity index (χ2n) is 4.14. The first-order valence-corrected chi connectivity index (χ1v) is 6.84. The molecule has 0 saturated heterocycles. The number of hydrogen-bond acceptors (Lipinski definition) is 2. The Labute approximate surface area is 125 Å². The minimum absolute atomic E-state index is 0.0388. The summed E-state index contributed by atoms with van der Waals surface area (Å²) < 4.78 is 5.90. The van der Waals surface area contributed by atoms with Crippen LogP contribution in [0.3, 0.4) is 0 Å². The Morgan fingerprint density at radius 2 is 1.79 bits per heavy atom. The summed E-state index contributed by atoms with van der Waals surface area (Å²) in [4.78, 5) is 12.4. The van der Waals surface area contributed by atoms with Crippen molar-refractivity contribution >= 4 is 33.3 Å². The van der Waals surface area contributed by atoms with Crippen molar-refractivity contribution in [2.45, 2.75) is 6.92 Å². The van der Waals surface area contributed by atoms with Crippen LogP contribution in [-0.2, 0) is 0 Å². The normalized spacial score (nSPS) is 10.3. The van der Waals surface area contributed by atoms with Crippen molar-refractivity contribution in [2.75, 3.05) is 7.11 Å². The summed E-state index contributed by atoms with van der Waals surface area (Å²) in [5.41, 5.74) is 2.16. The van der Waals surface area contributed by atoms with E-state index in [0.29, 0.717) is 20.6 Å². The van der Waals surface area contributed by atoms with Crippen LogP contribution in [0.4, 0.5) is 0 Å². The maximum absolute atomic E-state index is 12.4. The highest BCUT2D eigenvalue weighted by atomic mass is 79.9. The van der Waals surface area contributed by atoms with Gasteiger partial charge in [-0.05, 0) is 64.8 Å². The largest absolute Gasteiger partial charge is 0.496 e. The third kappa shape index (κ3) is 2.99. The fourth-order valence-electron chi connectivity index (χ4n) is 1.82. The van der Waals surface area contributed by atoms with Crippen molar-refractivity contribution in [1.82, 2.24) is 0 Å². The van der Waals surface area contributed by atoms with E-state index in [9.17, 15) is 4.79 Å². The zero-order valence-electron chi connectivity index (χ0n) is 10.5. The molecule has 0 unspecified atom stereocenters. The molecular formula is C15H12BrClO2. The molecule has 2 aromatic carbocycles. The molecule has 0 spiro atoms. The standard InChI is InChI=1S/C15H12BrClO2/c1-9-7-10(4-6-14(9)19-2)15(18)11-3-5-13(17)12(16)8-11/h3-8H,1-2H3. The number of carbonyl (C=O) groups is 1. The zero-order valence-corrected chi connectivity index (χ0v) is 12.9. The lowest BCUT2D eigenvalue weighted by molar-refractivity contribution is 0.103. The van der Waals surface area contributed by atoms with Crippen LogP contribution in [0, 0.1) is 6.92 Å². The van der Waals surface area contributed by atoms with Crippen molar-refractivity contribution < 1.29 is 9.53 Å². The minimum Gasteiger partial charge on any atom is -0.496 e. The SMILES string of the molecule is COc1ccc(C(=O)c2ccc(Cl)c(Br)c2)cc1C. The van der Waals surface area contributed by atoms with Crippen molar-refractivity contribution in [3.8, 4) is 5.75 Å². The van der Waals surface area contributed by atoms with Crippen LogP contribution in [-0.4, -0.2) is 12.9 Å². The van der Waals surface area contributed by atoms with E-state index in [1.54, 1.807) is 37.4 Å². The fourth-order valence-corrected chi connectivity index (χ4v) is 2.32. The van der Waals surface area contributed by atoms with E-state index < -0.39 is 0 Å². The van der Waals surface area contributed by atoms with Crippen LogP contribution < -0.4 is 4.74 Å². The van der Waals surface area contributed by atoms with Crippen LogP contribution in [0.2, 0.25) is 5.02 Å². The quantitative estimate of drug-likeness (QED) is 0.761. The third-order valence-corrected chi connectivity index (χ3v) is 4.05. The highest BCUT2D eigenvalue weighted by molar-refractivity contribution is 9.10. The highest BCUT2D eigenvalue weighted by Crippen LogP contribution is 2.25. The molecule has 0 aliphatic rings. The van der Waals surface area contributed by atoms with E-state index in [2.05, 4.69) is 15.9 Å². The minimum atomic E-state index is -0.0388. The van der Waals surface area contributed by atoms with Gasteiger partial charge in [0, 0.05) is 15.6 Å². The predicted molar refractivity (Wildman–Crippen MR) is 80.3 cm³/mol. The first-order chi connectivity index (χ1) is 9.02. The summed E-state index contributed by atoms with van der Waals surface area (Å²) in [6.45, 7) is 1.91. The Morgan fingerprint density at radius 3 is 2.37 bits per heavy atom. The van der Waals surface area contributed by atoms with Crippen molar-refractivity contribution in [3.05, 3.63) is 62.6 Å². The first-order valence-electron chi connectivity index (χ1n) is 5.67. The summed E-state index contributed by atoms with van der Waals surface area (Å²) in [5.74, 6) is 0.733. The molecule has 0 heterocycles. The molecule has 0 saturated carbocycles. The second kappa shape index (κ2) is 5.76. The lowest BCUT2D eigenvalue weighted by Gasteiger charge is -2.07. The fraction of sp³-hybridized carbons (Fsp3) is 0.133. The molecule has 2 nitrogen and oxygen atoms in total. The van der Waals surface area contributed by atoms with Crippen LogP contribution >= 0.6 is 27.5 Å². The van der Waals surface area contributed by atoms with Crippen LogP contribution in [0.25, 0.3) is 0 Å². The molecule has 0 bridgehead atoms. The number of benzene rings is 2. The predicted octanol–water partition coefficient (Wildman–Crippen LogP) is 4.65. The summed E-state index contributed by atoms with van der Waals surface area (Å²) in [7, 11) is 1.61. The van der Waals surface area contributed by atoms with E-state index in [4.69, 9.17) is 16.3 Å². The lowest BCUT2D eigenvalue weighted by Crippen LogP contribution is -2.02. The lowest BCUT2D eigenvalue weighted by atomic mass is 10.0. The number of ether oxygens (including phenoxy) is 1. The van der Waals surface area contributed by atoms with E-state index in [0.717, 1.165) is 11.3 Å². The number of halogens is 2. The Kier molecular flexibility index (Phi) is 4.27. The van der Waals surface area contributed by atoms with Gasteiger partial charge < -0.3 is 4.74 Å². The van der Waals surface area contributed by atoms with E-state index in [1.165, 1.54) is 0 Å². The molecule has 0 aromatic heterocycles. The number of ketones is 1. The maximum Gasteiger partial charge on any atom is 0.193 e. The highest BCUT2D eigenvalue weighted by Gasteiger charge is 2.12. The molecule has 0 aliphatic carbocycles. The smallest absolute Gasteiger partial charge is 0.193 e. The molecular weight excluding hydrogens is 328 g/mol. The number of carbonyl (C=O) groups excluding carboxylic acids is 1. The molecule has 0 aliphatic heterocycles. The summed E-state index contributed by atoms with van der Waals surface area (Å²) in [5, 5.41) is 0.586. The van der Waals surface area contributed by atoms with Gasteiger partial charge in [-0.15, -0.1) is 0 Å². The average molecular weight is 340 g/mol. The molecule has 0 atom stereocenters. The Bertz CT molecular complexity index is 638. The Morgan fingerprint density at radius 1 is 1.16 bits per heavy atom. The molecule has 0 radical (unpaired) electrons. The second-order valence-corrected chi connectivity index (χ2v) is 5.40. The Balaban J connectivity index is 2.38. The molecule has 0 fully saturated rings. The topological polar surface area (TPSA) is 26.3 Å². The molecule has 0 amide bonds. The van der Waals surface area contributed by atoms with E-state index in [1.807, 2.05) is 13.0 Å². The van der Waals surface area contributed by atoms with E-state index >= 15 is 0 Å². The van der Waals surface area contributed by atoms with Gasteiger partial charge in [0.2, 0.25) is 0 Å². The summed E-state index contributed by atoms with van der Waals surface area (Å²) >= 11 is 9.24. The molecule has 19 heavy (non-hydrogen) atoms. The number of hydrogen-bond donors (Lipinski definition) is 0. The average Bonchev–Trinajstić information content (AvgIpc) is 2.41. The van der Waals surface area contributed by atoms with Gasteiger partial charge in [0.1, 0.15) is 5.75 Å². The van der Waals surface area contributed by atoms with Gasteiger partial charge in [-0.3, -0.25) is 4.79 Å². The van der Waals surface area contributed by atoms with Gasteiger partial charge in [0.25, 0.3) is 0 Å². The van der Waals surface area contributed by atoms with Crippen LogP contribution in [0.15, 0.2) is 40.9 Å². The number of aryl methyl sites for hydroxylation is 1. The van der Waals surface area contributed by atoms with Gasteiger partial charge >= 0.3 is 0 Å². The van der Waals surface area contributed by atoms with Crippen LogP contribution in [0.5, 0.6) is 5.75 Å². The molecule has 4 heteroatoms. The van der Waals surface area contributed by atoms with Crippen molar-refractivity contribution in [2.24, 2.45) is 0 Å². The Hall–Kier alpha value is -1.32. The summed E-state index contributed by atoms with van der Waals surface area (Å²) in [6, 6.07) is 10.5. The van der Waals surface area contributed by atoms with Gasteiger partial charge in [-0.1, -0.05) is 11.6 Å². The third-order valence-electron chi connectivity index (χ3n) is 2.84. The van der Waals surface area contributed by atoms with E-state index in [-0.39, 0.29) is 5.78 Å². The molecule has 2 aromatic rings. The molecule has 98 valence electrons. The molecule has 2 rings (SSSR count). The number of methoxy groups -OCH3 is 1. The van der Waals surface area contributed by atoms with Gasteiger partial charge in [0.15, 0.2) is 5.78 Å². The van der Waals surface area contributed by atoms with Crippen molar-refractivity contribution in [3.63, 3.8) is 0 Å². The number of rotatable bonds is 3. The van der Waals surface area contributed by atoms with Crippen LogP contribution in [0.1, 0.15) is 21.5 Å².